The number of benzene rings is 2. The molecule has 0 saturated heterocycles. The highest BCUT2D eigenvalue weighted by molar-refractivity contribution is 7.89. The monoisotopic (exact) mass is 353 g/mol. The Labute approximate surface area is 139 Å². The van der Waals surface area contributed by atoms with Gasteiger partial charge in [0.05, 0.1) is 4.90 Å². The molecule has 8 heteroatoms. The highest BCUT2D eigenvalue weighted by Crippen LogP contribution is 2.14. The Morgan fingerprint density at radius 1 is 1.13 bits per heavy atom. The van der Waals surface area contributed by atoms with Crippen molar-refractivity contribution in [3.05, 3.63) is 59.1 Å². The van der Waals surface area contributed by atoms with Crippen molar-refractivity contribution in [3.63, 3.8) is 0 Å². The molecule has 0 aliphatic heterocycles. The Balaban J connectivity index is 1.88. The molecule has 0 heterocycles. The Hall–Kier alpha value is -2.09. The van der Waals surface area contributed by atoms with Crippen LogP contribution in [-0.2, 0) is 16.4 Å². The van der Waals surface area contributed by atoms with Gasteiger partial charge in [-0.3, -0.25) is 0 Å². The zero-order valence-corrected chi connectivity index (χ0v) is 13.7. The minimum absolute atomic E-state index is 0.0609. The third-order valence-corrected chi connectivity index (χ3v) is 4.15. The Morgan fingerprint density at radius 3 is 2.57 bits per heavy atom. The van der Waals surface area contributed by atoms with Crippen LogP contribution < -0.4 is 15.8 Å². The Morgan fingerprint density at radius 2 is 1.87 bits per heavy atom. The molecular weight excluding hydrogens is 338 g/mol. The Kier molecular flexibility index (Phi) is 5.59. The van der Waals surface area contributed by atoms with Gasteiger partial charge < -0.3 is 10.6 Å². The molecule has 2 aromatic carbocycles. The maximum absolute atomic E-state index is 11.8. The summed E-state index contributed by atoms with van der Waals surface area (Å²) in [4.78, 5) is 11.7. The van der Waals surface area contributed by atoms with E-state index in [0.29, 0.717) is 23.7 Å². The zero-order valence-electron chi connectivity index (χ0n) is 12.1. The summed E-state index contributed by atoms with van der Waals surface area (Å²) >= 11 is 5.89. The van der Waals surface area contributed by atoms with Crippen LogP contribution in [0.5, 0.6) is 0 Å². The van der Waals surface area contributed by atoms with E-state index in [-0.39, 0.29) is 4.90 Å². The number of hydrogen-bond acceptors (Lipinski definition) is 3. The van der Waals surface area contributed by atoms with Crippen LogP contribution in [0.3, 0.4) is 0 Å². The van der Waals surface area contributed by atoms with E-state index >= 15 is 0 Å². The highest BCUT2D eigenvalue weighted by atomic mass is 35.5. The fraction of sp³-hybridized carbons (Fsp3) is 0.133. The molecule has 2 aromatic rings. The third kappa shape index (κ3) is 5.55. The van der Waals surface area contributed by atoms with E-state index in [9.17, 15) is 13.2 Å². The summed E-state index contributed by atoms with van der Waals surface area (Å²) in [6, 6.07) is 12.7. The highest BCUT2D eigenvalue weighted by Gasteiger charge is 2.09. The van der Waals surface area contributed by atoms with Crippen molar-refractivity contribution in [2.75, 3.05) is 11.9 Å². The molecule has 0 aromatic heterocycles. The van der Waals surface area contributed by atoms with Crippen molar-refractivity contribution < 1.29 is 13.2 Å². The number of anilines is 1. The number of carbonyl (C=O) groups excluding carboxylic acids is 1. The van der Waals surface area contributed by atoms with E-state index in [1.807, 2.05) is 18.2 Å². The molecule has 122 valence electrons. The molecule has 0 unspecified atom stereocenters. The van der Waals surface area contributed by atoms with Crippen LogP contribution in [0, 0.1) is 0 Å². The van der Waals surface area contributed by atoms with Crippen molar-refractivity contribution in [3.8, 4) is 0 Å². The first kappa shape index (κ1) is 17.3. The molecule has 2 amide bonds. The lowest BCUT2D eigenvalue weighted by Gasteiger charge is -2.09. The van der Waals surface area contributed by atoms with Gasteiger partial charge in [0, 0.05) is 17.3 Å². The van der Waals surface area contributed by atoms with Gasteiger partial charge >= 0.3 is 6.03 Å². The number of nitrogens with one attached hydrogen (secondary N) is 2. The molecule has 0 radical (unpaired) electrons. The van der Waals surface area contributed by atoms with Crippen molar-refractivity contribution >= 4 is 33.3 Å². The number of hydrogen-bond donors (Lipinski definition) is 3. The number of rotatable bonds is 5. The second-order valence-corrected chi connectivity index (χ2v) is 6.83. The van der Waals surface area contributed by atoms with E-state index < -0.39 is 16.1 Å². The van der Waals surface area contributed by atoms with Crippen LogP contribution in [-0.4, -0.2) is 21.0 Å². The molecule has 0 spiro atoms. The summed E-state index contributed by atoms with van der Waals surface area (Å²) in [5, 5.41) is 10.9. The van der Waals surface area contributed by atoms with Crippen LogP contribution in [0.2, 0.25) is 5.02 Å². The van der Waals surface area contributed by atoms with E-state index in [1.54, 1.807) is 12.1 Å². The van der Waals surface area contributed by atoms with Gasteiger partial charge in [-0.15, -0.1) is 0 Å². The smallest absolute Gasteiger partial charge is 0.319 e. The number of carbonyl (C=O) groups is 1. The average molecular weight is 354 g/mol. The average Bonchev–Trinajstić information content (AvgIpc) is 2.46. The van der Waals surface area contributed by atoms with Crippen molar-refractivity contribution in [2.24, 2.45) is 5.14 Å². The largest absolute Gasteiger partial charge is 0.338 e. The number of sulfonamides is 1. The minimum Gasteiger partial charge on any atom is -0.338 e. The van der Waals surface area contributed by atoms with Gasteiger partial charge in [0.1, 0.15) is 0 Å². The van der Waals surface area contributed by atoms with Gasteiger partial charge in [-0.1, -0.05) is 29.8 Å². The summed E-state index contributed by atoms with van der Waals surface area (Å²) in [6.07, 6.45) is 0.630. The molecule has 0 saturated carbocycles. The molecule has 0 aliphatic rings. The lowest BCUT2D eigenvalue weighted by molar-refractivity contribution is 0.252. The topological polar surface area (TPSA) is 101 Å². The van der Waals surface area contributed by atoms with Crippen LogP contribution in [0.15, 0.2) is 53.4 Å². The molecule has 6 nitrogen and oxygen atoms in total. The van der Waals surface area contributed by atoms with Crippen LogP contribution in [0.4, 0.5) is 10.5 Å². The van der Waals surface area contributed by atoms with Crippen molar-refractivity contribution in [2.45, 2.75) is 11.3 Å². The molecule has 0 aliphatic carbocycles. The third-order valence-electron chi connectivity index (χ3n) is 3.01. The summed E-state index contributed by atoms with van der Waals surface area (Å²) in [5.74, 6) is 0. The first-order chi connectivity index (χ1) is 10.8. The molecular formula is C15H16ClN3O3S. The van der Waals surface area contributed by atoms with Crippen molar-refractivity contribution in [1.29, 1.82) is 0 Å². The molecule has 0 atom stereocenters. The Bertz CT molecular complexity index is 809. The number of halogens is 1. The normalized spacial score (nSPS) is 11.0. The summed E-state index contributed by atoms with van der Waals surface area (Å²) in [5.41, 5.74) is 1.35. The molecule has 0 bridgehead atoms. The fourth-order valence-corrected chi connectivity index (χ4v) is 2.71. The van der Waals surface area contributed by atoms with Gasteiger partial charge in [0.2, 0.25) is 10.0 Å². The van der Waals surface area contributed by atoms with Gasteiger partial charge in [-0.05, 0) is 42.3 Å². The van der Waals surface area contributed by atoms with Gasteiger partial charge in [0.25, 0.3) is 0 Å². The van der Waals surface area contributed by atoms with Crippen LogP contribution >= 0.6 is 11.6 Å². The van der Waals surface area contributed by atoms with Gasteiger partial charge in [-0.25, -0.2) is 18.4 Å². The maximum atomic E-state index is 11.8. The first-order valence-electron chi connectivity index (χ1n) is 6.77. The second-order valence-electron chi connectivity index (χ2n) is 4.83. The summed E-state index contributed by atoms with van der Waals surface area (Å²) < 4.78 is 22.5. The van der Waals surface area contributed by atoms with Gasteiger partial charge in [-0.2, -0.15) is 0 Å². The number of urea groups is 1. The minimum atomic E-state index is -3.80. The first-order valence-corrected chi connectivity index (χ1v) is 8.69. The lowest BCUT2D eigenvalue weighted by Crippen LogP contribution is -2.30. The van der Waals surface area contributed by atoms with E-state index in [1.165, 1.54) is 18.2 Å². The van der Waals surface area contributed by atoms with E-state index in [4.69, 9.17) is 16.7 Å². The number of amides is 2. The summed E-state index contributed by atoms with van der Waals surface area (Å²) in [6.45, 7) is 0.418. The van der Waals surface area contributed by atoms with Gasteiger partial charge in [0.15, 0.2) is 0 Å². The molecule has 4 N–H and O–H groups in total. The fourth-order valence-electron chi connectivity index (χ4n) is 1.94. The maximum Gasteiger partial charge on any atom is 0.319 e. The second kappa shape index (κ2) is 7.45. The SMILES string of the molecule is NS(=O)(=O)c1cccc(NC(=O)NCCc2cccc(Cl)c2)c1. The quantitative estimate of drug-likeness (QED) is 0.768. The van der Waals surface area contributed by atoms with Crippen LogP contribution in [0.25, 0.3) is 0 Å². The molecule has 2 rings (SSSR count). The standard InChI is InChI=1S/C15H16ClN3O3S/c16-12-4-1-3-11(9-12)7-8-18-15(20)19-13-5-2-6-14(10-13)23(17,21)22/h1-6,9-10H,7-8H2,(H2,17,21,22)(H2,18,19,20). The molecule has 0 fully saturated rings. The summed E-state index contributed by atoms with van der Waals surface area (Å²) in [7, 11) is -3.80. The lowest BCUT2D eigenvalue weighted by atomic mass is 10.1. The van der Waals surface area contributed by atoms with E-state index in [2.05, 4.69) is 10.6 Å². The predicted molar refractivity (Wildman–Crippen MR) is 90.0 cm³/mol. The molecule has 23 heavy (non-hydrogen) atoms. The zero-order chi connectivity index (χ0) is 16.9. The van der Waals surface area contributed by atoms with Crippen LogP contribution in [0.1, 0.15) is 5.56 Å². The van der Waals surface area contributed by atoms with Crippen molar-refractivity contribution in [1.82, 2.24) is 5.32 Å². The number of nitrogens with two attached hydrogens (primary N) is 1. The number of primary sulfonamides is 1. The van der Waals surface area contributed by atoms with E-state index in [0.717, 1.165) is 5.56 Å². The predicted octanol–water partition coefficient (Wildman–Crippen LogP) is 2.35.